The molecule has 1 aromatic carbocycles. The second-order valence-corrected chi connectivity index (χ2v) is 7.97. The van der Waals surface area contributed by atoms with E-state index in [2.05, 4.69) is 4.98 Å². The fourth-order valence-corrected chi connectivity index (χ4v) is 4.40. The summed E-state index contributed by atoms with van der Waals surface area (Å²) in [5.74, 6) is -1.74. The lowest BCUT2D eigenvalue weighted by Crippen LogP contribution is -2.48. The Morgan fingerprint density at radius 2 is 1.84 bits per heavy atom. The van der Waals surface area contributed by atoms with Crippen molar-refractivity contribution in [1.82, 2.24) is 14.2 Å². The number of pyridine rings is 1. The average Bonchev–Trinajstić information content (AvgIpc) is 2.59. The number of rotatable bonds is 4. The predicted octanol–water partition coefficient (Wildman–Crippen LogP) is 2.52. The van der Waals surface area contributed by atoms with Gasteiger partial charge in [-0.25, -0.2) is 22.2 Å². The van der Waals surface area contributed by atoms with Gasteiger partial charge in [-0.3, -0.25) is 4.90 Å². The highest BCUT2D eigenvalue weighted by Crippen LogP contribution is 2.22. The first-order valence-electron chi connectivity index (χ1n) is 7.65. The molecule has 2 heterocycles. The van der Waals surface area contributed by atoms with Gasteiger partial charge in [0.15, 0.2) is 0 Å². The zero-order chi connectivity index (χ0) is 18.0. The van der Waals surface area contributed by atoms with Gasteiger partial charge in [0, 0.05) is 44.5 Å². The van der Waals surface area contributed by atoms with Crippen LogP contribution in [0.25, 0.3) is 0 Å². The highest BCUT2D eigenvalue weighted by Gasteiger charge is 2.31. The molecule has 134 valence electrons. The molecule has 0 radical (unpaired) electrons. The summed E-state index contributed by atoms with van der Waals surface area (Å²) in [5, 5.41) is 0.416. The summed E-state index contributed by atoms with van der Waals surface area (Å²) in [7, 11) is -4.07. The van der Waals surface area contributed by atoms with Crippen LogP contribution in [0.3, 0.4) is 0 Å². The fraction of sp³-hybridized carbons (Fsp3) is 0.312. The van der Waals surface area contributed by atoms with Crippen molar-refractivity contribution < 1.29 is 17.2 Å². The highest BCUT2D eigenvalue weighted by molar-refractivity contribution is 7.89. The number of sulfonamides is 1. The molecule has 0 unspecified atom stereocenters. The molecule has 25 heavy (non-hydrogen) atoms. The number of aromatic nitrogens is 1. The number of hydrogen-bond acceptors (Lipinski definition) is 4. The van der Waals surface area contributed by atoms with Crippen molar-refractivity contribution in [2.45, 2.75) is 11.4 Å². The monoisotopic (exact) mass is 387 g/mol. The molecule has 1 aliphatic rings. The van der Waals surface area contributed by atoms with Crippen molar-refractivity contribution in [3.63, 3.8) is 0 Å². The van der Waals surface area contributed by atoms with Crippen molar-refractivity contribution in [1.29, 1.82) is 0 Å². The molecule has 2 aromatic rings. The van der Waals surface area contributed by atoms with Crippen LogP contribution in [-0.4, -0.2) is 48.8 Å². The highest BCUT2D eigenvalue weighted by atomic mass is 35.5. The predicted molar refractivity (Wildman–Crippen MR) is 89.6 cm³/mol. The lowest BCUT2D eigenvalue weighted by molar-refractivity contribution is 0.181. The Morgan fingerprint density at radius 3 is 2.52 bits per heavy atom. The van der Waals surface area contributed by atoms with Gasteiger partial charge < -0.3 is 0 Å². The van der Waals surface area contributed by atoms with E-state index in [1.165, 1.54) is 4.31 Å². The van der Waals surface area contributed by atoms with E-state index in [4.69, 9.17) is 11.6 Å². The lowest BCUT2D eigenvalue weighted by atomic mass is 10.2. The van der Waals surface area contributed by atoms with Crippen LogP contribution in [0.1, 0.15) is 5.56 Å². The molecule has 1 fully saturated rings. The third kappa shape index (κ3) is 3.98. The molecule has 1 aromatic heterocycles. The third-order valence-electron chi connectivity index (χ3n) is 4.07. The van der Waals surface area contributed by atoms with Crippen LogP contribution in [0, 0.1) is 11.6 Å². The van der Waals surface area contributed by atoms with Crippen molar-refractivity contribution in [2.75, 3.05) is 26.2 Å². The Balaban J connectivity index is 1.69. The van der Waals surface area contributed by atoms with Gasteiger partial charge in [-0.05, 0) is 24.3 Å². The van der Waals surface area contributed by atoms with Crippen molar-refractivity contribution in [2.24, 2.45) is 0 Å². The topological polar surface area (TPSA) is 53.5 Å². The molecule has 0 saturated carbocycles. The number of piperazine rings is 1. The molecular formula is C16H16ClF2N3O2S. The summed E-state index contributed by atoms with van der Waals surface area (Å²) >= 11 is 6.04. The van der Waals surface area contributed by atoms with Gasteiger partial charge in [-0.1, -0.05) is 17.7 Å². The van der Waals surface area contributed by atoms with Gasteiger partial charge in [0.25, 0.3) is 0 Å². The van der Waals surface area contributed by atoms with Crippen LogP contribution >= 0.6 is 11.6 Å². The Bertz CT molecular complexity index is 871. The second-order valence-electron chi connectivity index (χ2n) is 5.71. The Kier molecular flexibility index (Phi) is 5.33. The largest absolute Gasteiger partial charge is 0.296 e. The molecule has 0 N–H and O–H groups in total. The van der Waals surface area contributed by atoms with Crippen LogP contribution in [0.5, 0.6) is 0 Å². The summed E-state index contributed by atoms with van der Waals surface area (Å²) < 4.78 is 53.4. The van der Waals surface area contributed by atoms with Gasteiger partial charge in [0.05, 0.1) is 0 Å². The van der Waals surface area contributed by atoms with E-state index in [0.717, 1.165) is 17.7 Å². The van der Waals surface area contributed by atoms with Gasteiger partial charge in [-0.15, -0.1) is 0 Å². The van der Waals surface area contributed by atoms with E-state index in [-0.39, 0.29) is 13.1 Å². The first-order valence-corrected chi connectivity index (χ1v) is 9.46. The molecular weight excluding hydrogens is 372 g/mol. The second kappa shape index (κ2) is 7.33. The van der Waals surface area contributed by atoms with Crippen molar-refractivity contribution >= 4 is 21.6 Å². The van der Waals surface area contributed by atoms with Gasteiger partial charge >= 0.3 is 0 Å². The first-order chi connectivity index (χ1) is 11.9. The maximum Gasteiger partial charge on any atom is 0.246 e. The molecule has 0 amide bonds. The number of hydrogen-bond donors (Lipinski definition) is 0. The van der Waals surface area contributed by atoms with Crippen molar-refractivity contribution in [3.05, 3.63) is 58.9 Å². The average molecular weight is 388 g/mol. The number of benzene rings is 1. The van der Waals surface area contributed by atoms with E-state index in [9.17, 15) is 17.2 Å². The zero-order valence-electron chi connectivity index (χ0n) is 13.2. The van der Waals surface area contributed by atoms with Gasteiger partial charge in [-0.2, -0.15) is 4.31 Å². The van der Waals surface area contributed by atoms with E-state index in [1.54, 1.807) is 12.3 Å². The summed E-state index contributed by atoms with van der Waals surface area (Å²) in [4.78, 5) is 5.42. The minimum Gasteiger partial charge on any atom is -0.296 e. The number of halogens is 3. The third-order valence-corrected chi connectivity index (χ3v) is 6.33. The van der Waals surface area contributed by atoms with E-state index in [1.807, 2.05) is 11.0 Å². The molecule has 0 spiro atoms. The maximum absolute atomic E-state index is 13.8. The van der Waals surface area contributed by atoms with Crippen LogP contribution in [-0.2, 0) is 16.6 Å². The van der Waals surface area contributed by atoms with E-state index in [0.29, 0.717) is 30.9 Å². The fourth-order valence-electron chi connectivity index (χ4n) is 2.72. The molecule has 1 aliphatic heterocycles. The van der Waals surface area contributed by atoms with Crippen LogP contribution in [0.15, 0.2) is 41.4 Å². The Hall–Kier alpha value is -1.61. The first kappa shape index (κ1) is 18.2. The smallest absolute Gasteiger partial charge is 0.246 e. The zero-order valence-corrected chi connectivity index (χ0v) is 14.8. The van der Waals surface area contributed by atoms with Crippen molar-refractivity contribution in [3.8, 4) is 0 Å². The normalized spacial score (nSPS) is 16.9. The number of nitrogens with zero attached hydrogens (tertiary/aromatic N) is 3. The summed E-state index contributed by atoms with van der Waals surface area (Å²) in [6.45, 7) is 1.85. The standard InChI is InChI=1S/C16H16ClF2N3O2S/c17-16-12(2-1-5-20-16)11-21-6-8-22(9-7-21)25(23,24)15-10-13(18)3-4-14(15)19/h1-5,10H,6-9,11H2. The molecule has 3 rings (SSSR count). The quantitative estimate of drug-likeness (QED) is 0.756. The summed E-state index contributed by atoms with van der Waals surface area (Å²) in [5.41, 5.74) is 0.858. The van der Waals surface area contributed by atoms with Crippen LogP contribution < -0.4 is 0 Å². The molecule has 0 aliphatic carbocycles. The molecule has 1 saturated heterocycles. The summed E-state index contributed by atoms with van der Waals surface area (Å²) in [6, 6.07) is 6.08. The van der Waals surface area contributed by atoms with E-state index >= 15 is 0 Å². The van der Waals surface area contributed by atoms with Crippen LogP contribution in [0.2, 0.25) is 5.15 Å². The van der Waals surface area contributed by atoms with Crippen LogP contribution in [0.4, 0.5) is 8.78 Å². The Morgan fingerprint density at radius 1 is 1.12 bits per heavy atom. The Labute approximate surface area is 149 Å². The summed E-state index contributed by atoms with van der Waals surface area (Å²) in [6.07, 6.45) is 1.60. The lowest BCUT2D eigenvalue weighted by Gasteiger charge is -2.34. The molecule has 0 bridgehead atoms. The van der Waals surface area contributed by atoms with Gasteiger partial charge in [0.1, 0.15) is 21.7 Å². The molecule has 0 atom stereocenters. The van der Waals surface area contributed by atoms with E-state index < -0.39 is 26.6 Å². The van der Waals surface area contributed by atoms with Gasteiger partial charge in [0.2, 0.25) is 10.0 Å². The minimum absolute atomic E-state index is 0.191. The molecule has 9 heteroatoms. The SMILES string of the molecule is O=S(=O)(c1cc(F)ccc1F)N1CCN(Cc2cccnc2Cl)CC1. The minimum atomic E-state index is -4.07. The maximum atomic E-state index is 13.8. The molecule has 5 nitrogen and oxygen atoms in total.